The number of aliphatic hydroxyl groups is 1. The molecule has 0 aromatic heterocycles. The maximum atomic E-state index is 13.3. The van der Waals surface area contributed by atoms with Gasteiger partial charge >= 0.3 is 178 Å². The minimum absolute atomic E-state index is 0.0758. The first-order valence-electron chi connectivity index (χ1n) is 11.5. The standard InChI is InChI=1S/C11H19O4.3C4H9.Sn/c1-10(2,3)8(12)11(9(13)14-4)5-6-15-7-11;3*1-3-4-2;/h7-8,12H,5-6H2,1-4H3;3*1,3-4H2,2H3;/t8-,11+;;;;/m0..../s1. The Morgan fingerprint density at radius 1 is 1.11 bits per heavy atom. The van der Waals surface area contributed by atoms with Gasteiger partial charge in [-0.3, -0.25) is 0 Å². The fraction of sp³-hybridized carbons (Fsp3) is 0.957. The number of carbonyl (C=O) groups excluding carboxylic acids is 1. The Hall–Kier alpha value is 0.189. The van der Waals surface area contributed by atoms with Crippen LogP contribution in [0.4, 0.5) is 0 Å². The van der Waals surface area contributed by atoms with Crippen molar-refractivity contribution in [1.29, 1.82) is 0 Å². The predicted octanol–water partition coefficient (Wildman–Crippen LogP) is 5.73. The van der Waals surface area contributed by atoms with Crippen molar-refractivity contribution in [3.63, 3.8) is 0 Å². The van der Waals surface area contributed by atoms with Gasteiger partial charge in [0, 0.05) is 0 Å². The molecule has 0 spiro atoms. The summed E-state index contributed by atoms with van der Waals surface area (Å²) in [7, 11) is 1.47. The molecule has 1 rings (SSSR count). The molecule has 1 N–H and O–H groups in total. The summed E-state index contributed by atoms with van der Waals surface area (Å²) in [6.07, 6.45) is 7.02. The molecule has 1 saturated heterocycles. The molecule has 4 nitrogen and oxygen atoms in total. The normalized spacial score (nSPS) is 24.4. The molecule has 5 heteroatoms. The van der Waals surface area contributed by atoms with Crippen LogP contribution in [0.1, 0.15) is 86.5 Å². The summed E-state index contributed by atoms with van der Waals surface area (Å²) in [5.74, 6) is -0.247. The monoisotopic (exact) mass is 506 g/mol. The van der Waals surface area contributed by atoms with E-state index in [4.69, 9.17) is 9.47 Å². The molecule has 1 heterocycles. The number of rotatable bonds is 12. The fourth-order valence-corrected chi connectivity index (χ4v) is 24.4. The molecule has 3 atom stereocenters. The van der Waals surface area contributed by atoms with Crippen molar-refractivity contribution >= 4 is 24.3 Å². The van der Waals surface area contributed by atoms with Gasteiger partial charge in [-0.2, -0.15) is 0 Å². The summed E-state index contributed by atoms with van der Waals surface area (Å²) in [5, 5.41) is 11.5. The molecule has 0 amide bonds. The van der Waals surface area contributed by atoms with E-state index in [1.54, 1.807) is 0 Å². The van der Waals surface area contributed by atoms with Crippen molar-refractivity contribution in [1.82, 2.24) is 0 Å². The van der Waals surface area contributed by atoms with E-state index in [9.17, 15) is 9.90 Å². The van der Waals surface area contributed by atoms with Crippen molar-refractivity contribution < 1.29 is 19.4 Å². The quantitative estimate of drug-likeness (QED) is 0.272. The summed E-state index contributed by atoms with van der Waals surface area (Å²) in [6.45, 7) is 13.4. The Bertz CT molecular complexity index is 452. The number of carbonyl (C=O) groups is 1. The number of unbranched alkanes of at least 4 members (excludes halogenated alkanes) is 3. The van der Waals surface area contributed by atoms with Crippen LogP contribution < -0.4 is 0 Å². The zero-order chi connectivity index (χ0) is 21.4. The summed E-state index contributed by atoms with van der Waals surface area (Å²) < 4.78 is 15.5. The molecule has 1 fully saturated rings. The number of hydrogen-bond acceptors (Lipinski definition) is 4. The van der Waals surface area contributed by atoms with Gasteiger partial charge in [0.25, 0.3) is 0 Å². The van der Waals surface area contributed by atoms with Crippen LogP contribution in [0.5, 0.6) is 0 Å². The van der Waals surface area contributed by atoms with Gasteiger partial charge in [-0.15, -0.1) is 0 Å². The van der Waals surface area contributed by atoms with E-state index in [1.165, 1.54) is 58.9 Å². The first-order chi connectivity index (χ1) is 13.2. The van der Waals surface area contributed by atoms with Gasteiger partial charge in [0.1, 0.15) is 0 Å². The zero-order valence-corrected chi connectivity index (χ0v) is 22.5. The summed E-state index contributed by atoms with van der Waals surface area (Å²) >= 11 is -2.93. The minimum atomic E-state index is -2.93. The van der Waals surface area contributed by atoms with E-state index < -0.39 is 35.3 Å². The third-order valence-corrected chi connectivity index (χ3v) is 23.5. The summed E-state index contributed by atoms with van der Waals surface area (Å²) in [4.78, 5) is 13.3. The van der Waals surface area contributed by atoms with Crippen LogP contribution in [0.2, 0.25) is 13.3 Å². The topological polar surface area (TPSA) is 55.8 Å². The van der Waals surface area contributed by atoms with E-state index in [0.717, 1.165) is 0 Å². The Morgan fingerprint density at radius 3 is 1.93 bits per heavy atom. The Balaban J connectivity index is 3.52. The maximum absolute atomic E-state index is 13.3. The average Bonchev–Trinajstić information content (AvgIpc) is 3.12. The molecule has 0 radical (unpaired) electrons. The third-order valence-electron chi connectivity index (χ3n) is 6.78. The van der Waals surface area contributed by atoms with Crippen LogP contribution in [-0.2, 0) is 14.3 Å². The van der Waals surface area contributed by atoms with Crippen molar-refractivity contribution in [2.24, 2.45) is 10.8 Å². The van der Waals surface area contributed by atoms with Crippen molar-refractivity contribution in [2.45, 2.75) is 110 Å². The van der Waals surface area contributed by atoms with Crippen molar-refractivity contribution in [3.05, 3.63) is 0 Å². The number of esters is 1. The van der Waals surface area contributed by atoms with E-state index in [1.807, 2.05) is 20.8 Å². The number of methoxy groups -OCH3 is 1. The van der Waals surface area contributed by atoms with Crippen LogP contribution in [0.3, 0.4) is 0 Å². The SMILES string of the molecule is CCC[CH2][Sn]([CH2]CCC)([CH2]CCC)[C@H]1OCC[C@]1(C(=O)OC)[C@@H](O)C(C)(C)C. The van der Waals surface area contributed by atoms with Crippen molar-refractivity contribution in [3.8, 4) is 0 Å². The van der Waals surface area contributed by atoms with Crippen LogP contribution in [0.15, 0.2) is 0 Å². The second-order valence-electron chi connectivity index (χ2n) is 9.97. The molecule has 1 aliphatic heterocycles. The Morgan fingerprint density at radius 2 is 1.57 bits per heavy atom. The second-order valence-corrected chi connectivity index (χ2v) is 23.5. The number of hydrogen-bond donors (Lipinski definition) is 1. The van der Waals surface area contributed by atoms with Gasteiger partial charge in [0.15, 0.2) is 0 Å². The van der Waals surface area contributed by atoms with E-state index in [2.05, 4.69) is 20.8 Å². The number of ether oxygens (including phenoxy) is 2. The molecule has 0 saturated carbocycles. The molecular formula is C23H46O4Sn. The molecule has 0 aromatic carbocycles. The van der Waals surface area contributed by atoms with Crippen molar-refractivity contribution in [2.75, 3.05) is 13.7 Å². The van der Waals surface area contributed by atoms with Crippen LogP contribution in [-0.4, -0.2) is 53.4 Å². The molecule has 0 bridgehead atoms. The molecule has 166 valence electrons. The summed E-state index contributed by atoms with van der Waals surface area (Å²) in [5.41, 5.74) is -1.28. The molecular weight excluding hydrogens is 459 g/mol. The van der Waals surface area contributed by atoms with Crippen LogP contribution in [0.25, 0.3) is 0 Å². The van der Waals surface area contributed by atoms with Gasteiger partial charge in [-0.1, -0.05) is 0 Å². The Kier molecular flexibility index (Phi) is 10.8. The van der Waals surface area contributed by atoms with Gasteiger partial charge in [-0.05, 0) is 0 Å². The third kappa shape index (κ3) is 5.66. The molecule has 0 aliphatic carbocycles. The number of aliphatic hydroxyl groups excluding tert-OH is 1. The molecule has 0 unspecified atom stereocenters. The second kappa shape index (κ2) is 11.5. The van der Waals surface area contributed by atoms with Gasteiger partial charge in [0.05, 0.1) is 0 Å². The van der Waals surface area contributed by atoms with Gasteiger partial charge in [0.2, 0.25) is 0 Å². The predicted molar refractivity (Wildman–Crippen MR) is 119 cm³/mol. The molecule has 1 aliphatic rings. The fourth-order valence-electron chi connectivity index (χ4n) is 5.27. The van der Waals surface area contributed by atoms with E-state index >= 15 is 0 Å². The van der Waals surface area contributed by atoms with Gasteiger partial charge in [-0.25, -0.2) is 0 Å². The van der Waals surface area contributed by atoms with E-state index in [-0.39, 0.29) is 10.1 Å². The van der Waals surface area contributed by atoms with Crippen LogP contribution in [0, 0.1) is 10.8 Å². The van der Waals surface area contributed by atoms with Gasteiger partial charge < -0.3 is 0 Å². The molecule has 28 heavy (non-hydrogen) atoms. The first-order valence-corrected chi connectivity index (χ1v) is 19.2. The average molecular weight is 505 g/mol. The Labute approximate surface area is 178 Å². The summed E-state index contributed by atoms with van der Waals surface area (Å²) in [6, 6.07) is 0. The van der Waals surface area contributed by atoms with E-state index in [0.29, 0.717) is 13.0 Å². The first kappa shape index (κ1) is 26.2. The zero-order valence-electron chi connectivity index (χ0n) is 19.6. The van der Waals surface area contributed by atoms with Crippen LogP contribution >= 0.6 is 0 Å². The molecule has 0 aromatic rings.